The Hall–Kier alpha value is -2.70. The van der Waals surface area contributed by atoms with Gasteiger partial charge in [-0.05, 0) is 50.1 Å². The number of aromatic nitrogens is 4. The summed E-state index contributed by atoms with van der Waals surface area (Å²) in [5, 5.41) is 16.1. The highest BCUT2D eigenvalue weighted by Gasteiger charge is 2.21. The molecule has 1 atom stereocenters. The molecule has 1 fully saturated rings. The molecule has 0 aliphatic carbocycles. The molecule has 1 unspecified atom stereocenters. The molecule has 6 nitrogen and oxygen atoms in total. The Morgan fingerprint density at radius 2 is 2.12 bits per heavy atom. The monoisotopic (exact) mass is 326 g/mol. The van der Waals surface area contributed by atoms with E-state index in [2.05, 4.69) is 25.5 Å². The van der Waals surface area contributed by atoms with Crippen molar-refractivity contribution in [1.82, 2.24) is 19.8 Å². The lowest BCUT2D eigenvalue weighted by Crippen LogP contribution is -2.42. The molecule has 1 aliphatic rings. The first-order valence-electron chi connectivity index (χ1n) is 8.15. The fraction of sp³-hybridized carbons (Fsp3) is 0.353. The van der Waals surface area contributed by atoms with Gasteiger partial charge in [-0.25, -0.2) is 4.39 Å². The van der Waals surface area contributed by atoms with E-state index in [-0.39, 0.29) is 11.9 Å². The van der Waals surface area contributed by atoms with Crippen LogP contribution in [0.4, 0.5) is 15.9 Å². The summed E-state index contributed by atoms with van der Waals surface area (Å²) in [6, 6.07) is 10.9. The number of anilines is 2. The van der Waals surface area contributed by atoms with Crippen molar-refractivity contribution in [2.75, 3.05) is 23.3 Å². The Bertz CT molecular complexity index is 861. The summed E-state index contributed by atoms with van der Waals surface area (Å²) < 4.78 is 15.2. The van der Waals surface area contributed by atoms with Crippen molar-refractivity contribution in [1.29, 1.82) is 0 Å². The number of halogens is 1. The topological polar surface area (TPSA) is 58.4 Å². The number of hydrogen-bond acceptors (Lipinski definition) is 5. The van der Waals surface area contributed by atoms with Crippen LogP contribution in [-0.2, 0) is 0 Å². The largest absolute Gasteiger partial charge is 0.369 e. The molecule has 124 valence electrons. The van der Waals surface area contributed by atoms with Crippen LogP contribution in [0.15, 0.2) is 36.4 Å². The third kappa shape index (κ3) is 2.89. The van der Waals surface area contributed by atoms with Gasteiger partial charge < -0.3 is 10.2 Å². The molecule has 1 saturated heterocycles. The lowest BCUT2D eigenvalue weighted by atomic mass is 10.0. The minimum atomic E-state index is -0.196. The molecule has 7 heteroatoms. The zero-order chi connectivity index (χ0) is 16.5. The third-order valence-electron chi connectivity index (χ3n) is 4.37. The average molecular weight is 326 g/mol. The smallest absolute Gasteiger partial charge is 0.178 e. The van der Waals surface area contributed by atoms with Gasteiger partial charge in [-0.3, -0.25) is 0 Å². The summed E-state index contributed by atoms with van der Waals surface area (Å²) >= 11 is 0. The van der Waals surface area contributed by atoms with Crippen molar-refractivity contribution in [3.05, 3.63) is 48.0 Å². The quantitative estimate of drug-likeness (QED) is 0.802. The maximum absolute atomic E-state index is 13.5. The number of piperidine rings is 1. The molecule has 1 aliphatic heterocycles. The van der Waals surface area contributed by atoms with E-state index in [1.165, 1.54) is 6.07 Å². The minimum absolute atomic E-state index is 0.196. The van der Waals surface area contributed by atoms with Gasteiger partial charge in [0.1, 0.15) is 11.6 Å². The first kappa shape index (κ1) is 14.9. The maximum Gasteiger partial charge on any atom is 0.178 e. The van der Waals surface area contributed by atoms with Gasteiger partial charge >= 0.3 is 0 Å². The Morgan fingerprint density at radius 3 is 3.00 bits per heavy atom. The van der Waals surface area contributed by atoms with Gasteiger partial charge in [0, 0.05) is 24.8 Å². The van der Waals surface area contributed by atoms with Crippen LogP contribution in [0.25, 0.3) is 5.65 Å². The van der Waals surface area contributed by atoms with Crippen LogP contribution in [-0.4, -0.2) is 38.9 Å². The number of nitrogens with one attached hydrogen (secondary N) is 1. The fourth-order valence-corrected chi connectivity index (χ4v) is 3.18. The minimum Gasteiger partial charge on any atom is -0.369 e. The van der Waals surface area contributed by atoms with Gasteiger partial charge in [-0.2, -0.15) is 4.52 Å². The molecule has 4 rings (SSSR count). The molecular weight excluding hydrogens is 307 g/mol. The van der Waals surface area contributed by atoms with Crippen molar-refractivity contribution in [2.24, 2.45) is 0 Å². The highest BCUT2D eigenvalue weighted by molar-refractivity contribution is 5.49. The molecule has 24 heavy (non-hydrogen) atoms. The summed E-state index contributed by atoms with van der Waals surface area (Å²) in [5.74, 6) is 1.37. The van der Waals surface area contributed by atoms with Crippen LogP contribution in [0, 0.1) is 12.7 Å². The average Bonchev–Trinajstić information content (AvgIpc) is 2.96. The van der Waals surface area contributed by atoms with Crippen LogP contribution < -0.4 is 10.2 Å². The van der Waals surface area contributed by atoms with Crippen molar-refractivity contribution < 1.29 is 4.39 Å². The van der Waals surface area contributed by atoms with E-state index in [9.17, 15) is 4.39 Å². The molecule has 0 amide bonds. The van der Waals surface area contributed by atoms with Crippen LogP contribution >= 0.6 is 0 Å². The van der Waals surface area contributed by atoms with Crippen molar-refractivity contribution in [3.63, 3.8) is 0 Å². The highest BCUT2D eigenvalue weighted by Crippen LogP contribution is 2.22. The SMILES string of the molecule is Cc1nnc2ccc(NC3CCCN(c4cccc(F)c4)C3)nn12. The summed E-state index contributed by atoms with van der Waals surface area (Å²) in [6.07, 6.45) is 2.12. The summed E-state index contributed by atoms with van der Waals surface area (Å²) in [7, 11) is 0. The van der Waals surface area contributed by atoms with E-state index in [1.807, 2.05) is 25.1 Å². The van der Waals surface area contributed by atoms with E-state index >= 15 is 0 Å². The zero-order valence-corrected chi connectivity index (χ0v) is 13.5. The van der Waals surface area contributed by atoms with Gasteiger partial charge in [0.15, 0.2) is 11.5 Å². The van der Waals surface area contributed by atoms with Crippen LogP contribution in [0.5, 0.6) is 0 Å². The molecular formula is C17H19FN6. The summed E-state index contributed by atoms with van der Waals surface area (Å²) in [6.45, 7) is 3.64. The number of hydrogen-bond donors (Lipinski definition) is 1. The molecule has 2 aromatic heterocycles. The maximum atomic E-state index is 13.5. The lowest BCUT2D eigenvalue weighted by molar-refractivity contribution is 0.526. The van der Waals surface area contributed by atoms with E-state index in [1.54, 1.807) is 16.6 Å². The van der Waals surface area contributed by atoms with Gasteiger partial charge in [-0.15, -0.1) is 15.3 Å². The number of aryl methyl sites for hydroxylation is 1. The summed E-state index contributed by atoms with van der Waals surface area (Å²) in [5.41, 5.74) is 1.67. The van der Waals surface area contributed by atoms with Gasteiger partial charge in [0.25, 0.3) is 0 Å². The fourth-order valence-electron chi connectivity index (χ4n) is 3.18. The molecule has 0 spiro atoms. The van der Waals surface area contributed by atoms with E-state index < -0.39 is 0 Å². The Labute approximate surface area is 139 Å². The third-order valence-corrected chi connectivity index (χ3v) is 4.37. The molecule has 0 saturated carbocycles. The van der Waals surface area contributed by atoms with Gasteiger partial charge in [-0.1, -0.05) is 6.07 Å². The Morgan fingerprint density at radius 1 is 1.21 bits per heavy atom. The second-order valence-corrected chi connectivity index (χ2v) is 6.15. The summed E-state index contributed by atoms with van der Waals surface area (Å²) in [4.78, 5) is 2.22. The highest BCUT2D eigenvalue weighted by atomic mass is 19.1. The van der Waals surface area contributed by atoms with Crippen molar-refractivity contribution >= 4 is 17.2 Å². The van der Waals surface area contributed by atoms with E-state index in [4.69, 9.17) is 0 Å². The zero-order valence-electron chi connectivity index (χ0n) is 13.5. The lowest BCUT2D eigenvalue weighted by Gasteiger charge is -2.35. The normalized spacial score (nSPS) is 18.1. The molecule has 3 aromatic rings. The van der Waals surface area contributed by atoms with Crippen molar-refractivity contribution in [3.8, 4) is 0 Å². The second-order valence-electron chi connectivity index (χ2n) is 6.15. The Kier molecular flexibility index (Phi) is 3.76. The molecule has 1 N–H and O–H groups in total. The van der Waals surface area contributed by atoms with Crippen LogP contribution in [0.1, 0.15) is 18.7 Å². The predicted octanol–water partition coefficient (Wildman–Crippen LogP) is 2.65. The number of fused-ring (bicyclic) bond motifs is 1. The van der Waals surface area contributed by atoms with Crippen LogP contribution in [0.3, 0.4) is 0 Å². The molecule has 1 aromatic carbocycles. The molecule has 0 bridgehead atoms. The Balaban J connectivity index is 1.50. The number of rotatable bonds is 3. The van der Waals surface area contributed by atoms with Gasteiger partial charge in [0.2, 0.25) is 0 Å². The second kappa shape index (κ2) is 6.07. The first-order chi connectivity index (χ1) is 11.7. The van der Waals surface area contributed by atoms with Crippen LogP contribution in [0.2, 0.25) is 0 Å². The number of nitrogens with zero attached hydrogens (tertiary/aromatic N) is 5. The standard InChI is InChI=1S/C17H19FN6/c1-12-20-21-17-8-7-16(22-24(12)17)19-14-5-3-9-23(11-14)15-6-2-4-13(18)10-15/h2,4,6-8,10,14H,3,5,9,11H2,1H3,(H,19,22). The van der Waals surface area contributed by atoms with Gasteiger partial charge in [0.05, 0.1) is 0 Å². The van der Waals surface area contributed by atoms with E-state index in [0.717, 1.165) is 48.9 Å². The number of benzene rings is 1. The van der Waals surface area contributed by atoms with Crippen molar-refractivity contribution in [2.45, 2.75) is 25.8 Å². The predicted molar refractivity (Wildman–Crippen MR) is 90.8 cm³/mol. The first-order valence-corrected chi connectivity index (χ1v) is 8.15. The molecule has 3 heterocycles. The van der Waals surface area contributed by atoms with E-state index in [0.29, 0.717) is 0 Å². The molecule has 0 radical (unpaired) electrons.